The molecule has 0 saturated carbocycles. The molecular weight excluding hydrogens is 181 g/mol. The molecule has 78 valence electrons. The van der Waals surface area contributed by atoms with Crippen molar-refractivity contribution in [2.24, 2.45) is 5.84 Å². The zero-order chi connectivity index (χ0) is 10.6. The molecule has 0 radical (unpaired) electrons. The third-order valence-electron chi connectivity index (χ3n) is 2.04. The fourth-order valence-electron chi connectivity index (χ4n) is 1.33. The van der Waals surface area contributed by atoms with Gasteiger partial charge in [0.15, 0.2) is 0 Å². The average molecular weight is 197 g/mol. The first-order chi connectivity index (χ1) is 6.63. The van der Waals surface area contributed by atoms with Crippen molar-refractivity contribution in [3.8, 4) is 0 Å². The molecular formula is C10H16FN3. The zero-order valence-electron chi connectivity index (χ0n) is 8.55. The van der Waals surface area contributed by atoms with Crippen LogP contribution in [-0.4, -0.2) is 18.6 Å². The molecule has 1 aromatic rings. The van der Waals surface area contributed by atoms with Gasteiger partial charge in [0.2, 0.25) is 0 Å². The first kappa shape index (κ1) is 11.1. The summed E-state index contributed by atoms with van der Waals surface area (Å²) in [5.74, 6) is 5.03. The molecule has 0 saturated heterocycles. The number of hydrogen-bond donors (Lipinski definition) is 2. The van der Waals surface area contributed by atoms with E-state index in [-0.39, 0.29) is 5.82 Å². The predicted octanol–water partition coefficient (Wildman–Crippen LogP) is 0.987. The summed E-state index contributed by atoms with van der Waals surface area (Å²) in [6, 6.07) is 5.13. The van der Waals surface area contributed by atoms with E-state index in [1.54, 1.807) is 13.0 Å². The minimum Gasteiger partial charge on any atom is -0.288 e. The van der Waals surface area contributed by atoms with Crippen molar-refractivity contribution in [2.45, 2.75) is 13.5 Å². The highest BCUT2D eigenvalue weighted by Crippen LogP contribution is 2.10. The average Bonchev–Trinajstić information content (AvgIpc) is 2.12. The highest BCUT2D eigenvalue weighted by molar-refractivity contribution is 5.23. The lowest BCUT2D eigenvalue weighted by molar-refractivity contribution is 0.301. The summed E-state index contributed by atoms with van der Waals surface area (Å²) in [7, 11) is 1.94. The van der Waals surface area contributed by atoms with Crippen LogP contribution in [-0.2, 0) is 6.54 Å². The zero-order valence-corrected chi connectivity index (χ0v) is 8.55. The van der Waals surface area contributed by atoms with Gasteiger partial charge in [0.05, 0.1) is 6.67 Å². The molecule has 14 heavy (non-hydrogen) atoms. The molecule has 0 aromatic heterocycles. The van der Waals surface area contributed by atoms with Gasteiger partial charge < -0.3 is 0 Å². The third kappa shape index (κ3) is 3.06. The number of hydrazine groups is 1. The van der Waals surface area contributed by atoms with Crippen LogP contribution in [0.2, 0.25) is 0 Å². The molecule has 0 unspecified atom stereocenters. The molecule has 0 bridgehead atoms. The van der Waals surface area contributed by atoms with E-state index in [0.717, 1.165) is 12.1 Å². The van der Waals surface area contributed by atoms with Gasteiger partial charge in [-0.15, -0.1) is 0 Å². The molecule has 0 atom stereocenters. The maximum absolute atomic E-state index is 12.9. The quantitative estimate of drug-likeness (QED) is 0.429. The van der Waals surface area contributed by atoms with Crippen molar-refractivity contribution >= 4 is 0 Å². The second-order valence-corrected chi connectivity index (χ2v) is 3.46. The molecule has 0 amide bonds. The molecule has 0 aliphatic heterocycles. The van der Waals surface area contributed by atoms with Crippen LogP contribution in [0.4, 0.5) is 4.39 Å². The Bertz CT molecular complexity index is 301. The Labute approximate surface area is 83.7 Å². The number of benzene rings is 1. The SMILES string of the molecule is Cc1cc(CN(C)CNN)ccc1F. The second kappa shape index (κ2) is 5.05. The van der Waals surface area contributed by atoms with Crippen LogP contribution in [0.1, 0.15) is 11.1 Å². The lowest BCUT2D eigenvalue weighted by Gasteiger charge is -2.15. The van der Waals surface area contributed by atoms with Crippen molar-refractivity contribution in [3.05, 3.63) is 35.1 Å². The van der Waals surface area contributed by atoms with E-state index in [1.807, 2.05) is 18.0 Å². The standard InChI is InChI=1S/C10H16FN3/c1-8-5-9(3-4-10(8)11)6-14(2)7-13-12/h3-5,13H,6-7,12H2,1-2H3. The Balaban J connectivity index is 2.63. The maximum Gasteiger partial charge on any atom is 0.126 e. The highest BCUT2D eigenvalue weighted by Gasteiger charge is 2.01. The second-order valence-electron chi connectivity index (χ2n) is 3.46. The highest BCUT2D eigenvalue weighted by atomic mass is 19.1. The van der Waals surface area contributed by atoms with E-state index in [9.17, 15) is 4.39 Å². The minimum absolute atomic E-state index is 0.159. The molecule has 3 N–H and O–H groups in total. The summed E-state index contributed by atoms with van der Waals surface area (Å²) < 4.78 is 12.9. The van der Waals surface area contributed by atoms with Gasteiger partial charge in [-0.25, -0.2) is 9.82 Å². The van der Waals surface area contributed by atoms with Gasteiger partial charge in [-0.2, -0.15) is 0 Å². The maximum atomic E-state index is 12.9. The molecule has 0 aliphatic rings. The Morgan fingerprint density at radius 3 is 2.79 bits per heavy atom. The van der Waals surface area contributed by atoms with Gasteiger partial charge in [0.1, 0.15) is 5.82 Å². The van der Waals surface area contributed by atoms with Gasteiger partial charge in [0.25, 0.3) is 0 Å². The molecule has 3 nitrogen and oxygen atoms in total. The lowest BCUT2D eigenvalue weighted by atomic mass is 10.1. The summed E-state index contributed by atoms with van der Waals surface area (Å²) in [5, 5.41) is 0. The summed E-state index contributed by atoms with van der Waals surface area (Å²) in [6.07, 6.45) is 0. The summed E-state index contributed by atoms with van der Waals surface area (Å²) in [4.78, 5) is 2.01. The molecule has 1 rings (SSSR count). The lowest BCUT2D eigenvalue weighted by Crippen LogP contribution is -2.35. The van der Waals surface area contributed by atoms with E-state index in [1.165, 1.54) is 6.07 Å². The molecule has 0 fully saturated rings. The molecule has 1 aromatic carbocycles. The number of rotatable bonds is 4. The summed E-state index contributed by atoms with van der Waals surface area (Å²) in [5.41, 5.74) is 4.33. The Hall–Kier alpha value is -0.970. The van der Waals surface area contributed by atoms with Crippen LogP contribution >= 0.6 is 0 Å². The number of nitrogens with one attached hydrogen (secondary N) is 1. The van der Waals surface area contributed by atoms with E-state index in [4.69, 9.17) is 5.84 Å². The van der Waals surface area contributed by atoms with Crippen molar-refractivity contribution in [1.82, 2.24) is 10.3 Å². The van der Waals surface area contributed by atoms with E-state index in [2.05, 4.69) is 5.43 Å². The van der Waals surface area contributed by atoms with E-state index < -0.39 is 0 Å². The Kier molecular flexibility index (Phi) is 4.00. The molecule has 0 spiro atoms. The van der Waals surface area contributed by atoms with Crippen LogP contribution in [0.25, 0.3) is 0 Å². The molecule has 0 aliphatic carbocycles. The van der Waals surface area contributed by atoms with Gasteiger partial charge in [-0.1, -0.05) is 12.1 Å². The minimum atomic E-state index is -0.159. The van der Waals surface area contributed by atoms with Crippen LogP contribution in [0.5, 0.6) is 0 Å². The largest absolute Gasteiger partial charge is 0.288 e. The first-order valence-electron chi connectivity index (χ1n) is 4.50. The van der Waals surface area contributed by atoms with Crippen molar-refractivity contribution < 1.29 is 4.39 Å². The fourth-order valence-corrected chi connectivity index (χ4v) is 1.33. The van der Waals surface area contributed by atoms with E-state index >= 15 is 0 Å². The van der Waals surface area contributed by atoms with Crippen molar-refractivity contribution in [1.29, 1.82) is 0 Å². The first-order valence-corrected chi connectivity index (χ1v) is 4.50. The number of nitrogens with two attached hydrogens (primary N) is 1. The monoisotopic (exact) mass is 197 g/mol. The fraction of sp³-hybridized carbons (Fsp3) is 0.400. The van der Waals surface area contributed by atoms with Crippen LogP contribution in [0.3, 0.4) is 0 Å². The Morgan fingerprint density at radius 2 is 2.21 bits per heavy atom. The predicted molar refractivity (Wildman–Crippen MR) is 54.8 cm³/mol. The third-order valence-corrected chi connectivity index (χ3v) is 2.04. The topological polar surface area (TPSA) is 41.3 Å². The van der Waals surface area contributed by atoms with Crippen molar-refractivity contribution in [2.75, 3.05) is 13.7 Å². The molecule has 4 heteroatoms. The van der Waals surface area contributed by atoms with Gasteiger partial charge in [-0.3, -0.25) is 10.7 Å². The normalized spacial score (nSPS) is 10.9. The van der Waals surface area contributed by atoms with Gasteiger partial charge in [0, 0.05) is 6.54 Å². The molecule has 0 heterocycles. The summed E-state index contributed by atoms with van der Waals surface area (Å²) in [6.45, 7) is 3.13. The van der Waals surface area contributed by atoms with Gasteiger partial charge >= 0.3 is 0 Å². The van der Waals surface area contributed by atoms with Crippen molar-refractivity contribution in [3.63, 3.8) is 0 Å². The number of hydrogen-bond acceptors (Lipinski definition) is 3. The van der Waals surface area contributed by atoms with E-state index in [0.29, 0.717) is 12.2 Å². The van der Waals surface area contributed by atoms with Crippen LogP contribution in [0.15, 0.2) is 18.2 Å². The Morgan fingerprint density at radius 1 is 1.50 bits per heavy atom. The number of halogens is 1. The number of aryl methyl sites for hydroxylation is 1. The smallest absolute Gasteiger partial charge is 0.126 e. The number of nitrogens with zero attached hydrogens (tertiary/aromatic N) is 1. The van der Waals surface area contributed by atoms with Gasteiger partial charge in [-0.05, 0) is 31.2 Å². The summed E-state index contributed by atoms with van der Waals surface area (Å²) >= 11 is 0. The van der Waals surface area contributed by atoms with Crippen LogP contribution < -0.4 is 11.3 Å². The van der Waals surface area contributed by atoms with Crippen LogP contribution in [0, 0.1) is 12.7 Å².